The van der Waals surface area contributed by atoms with E-state index in [2.05, 4.69) is 20.8 Å². The summed E-state index contributed by atoms with van der Waals surface area (Å²) in [6, 6.07) is 5.03. The molecule has 9 heteroatoms. The van der Waals surface area contributed by atoms with E-state index in [4.69, 9.17) is 9.47 Å². The van der Waals surface area contributed by atoms with Gasteiger partial charge < -0.3 is 20.1 Å². The molecule has 2 amide bonds. The van der Waals surface area contributed by atoms with Gasteiger partial charge in [0.15, 0.2) is 17.3 Å². The molecule has 1 heterocycles. The van der Waals surface area contributed by atoms with Crippen molar-refractivity contribution in [2.45, 2.75) is 13.5 Å². The zero-order chi connectivity index (χ0) is 16.8. The number of anilines is 2. The second-order valence-electron chi connectivity index (χ2n) is 4.56. The Morgan fingerprint density at radius 3 is 2.57 bits per heavy atom. The van der Waals surface area contributed by atoms with Gasteiger partial charge in [-0.05, 0) is 12.1 Å². The maximum atomic E-state index is 12.0. The summed E-state index contributed by atoms with van der Waals surface area (Å²) < 4.78 is 10.3. The van der Waals surface area contributed by atoms with Gasteiger partial charge in [-0.2, -0.15) is 9.90 Å². The lowest BCUT2D eigenvalue weighted by atomic mass is 10.2. The van der Waals surface area contributed by atoms with Crippen LogP contribution in [0.25, 0.3) is 0 Å². The first-order valence-corrected chi connectivity index (χ1v) is 6.71. The monoisotopic (exact) mass is 319 g/mol. The lowest BCUT2D eigenvalue weighted by Crippen LogP contribution is -2.20. The lowest BCUT2D eigenvalue weighted by Gasteiger charge is -2.10. The second-order valence-corrected chi connectivity index (χ2v) is 4.56. The van der Waals surface area contributed by atoms with Crippen LogP contribution < -0.4 is 20.1 Å². The van der Waals surface area contributed by atoms with Gasteiger partial charge in [0.05, 0.1) is 20.4 Å². The standard InChI is InChI=1S/C14H17N5O4/c1-9(20)16-13-7-15-19(18-13)8-14(21)17-10-4-5-11(22-2)12(6-10)23-3/h4-7H,8H2,1-3H3,(H,17,21)(H,16,18,20). The minimum atomic E-state index is -0.317. The summed E-state index contributed by atoms with van der Waals surface area (Å²) in [4.78, 5) is 24.1. The van der Waals surface area contributed by atoms with Crippen LogP contribution in [0.1, 0.15) is 6.92 Å². The van der Waals surface area contributed by atoms with E-state index in [-0.39, 0.29) is 24.2 Å². The molecule has 0 spiro atoms. The number of nitrogens with zero attached hydrogens (tertiary/aromatic N) is 3. The molecule has 0 saturated heterocycles. The molecule has 0 radical (unpaired) electrons. The quantitative estimate of drug-likeness (QED) is 0.819. The minimum absolute atomic E-state index is 0.0894. The molecule has 9 nitrogen and oxygen atoms in total. The third-order valence-electron chi connectivity index (χ3n) is 2.79. The third kappa shape index (κ3) is 4.43. The Bertz CT molecular complexity index is 713. The summed E-state index contributed by atoms with van der Waals surface area (Å²) in [5.74, 6) is 0.792. The first kappa shape index (κ1) is 16.3. The van der Waals surface area contributed by atoms with Crippen LogP contribution in [0.4, 0.5) is 11.5 Å². The third-order valence-corrected chi connectivity index (χ3v) is 2.79. The number of hydrogen-bond acceptors (Lipinski definition) is 6. The van der Waals surface area contributed by atoms with Crippen LogP contribution in [-0.4, -0.2) is 41.0 Å². The minimum Gasteiger partial charge on any atom is -0.493 e. The number of ether oxygens (including phenoxy) is 2. The van der Waals surface area contributed by atoms with Crippen molar-refractivity contribution in [3.8, 4) is 11.5 Å². The smallest absolute Gasteiger partial charge is 0.247 e. The zero-order valence-electron chi connectivity index (χ0n) is 13.0. The molecule has 2 N–H and O–H groups in total. The molecule has 2 rings (SSSR count). The highest BCUT2D eigenvalue weighted by molar-refractivity contribution is 5.91. The fourth-order valence-corrected chi connectivity index (χ4v) is 1.85. The molecule has 23 heavy (non-hydrogen) atoms. The highest BCUT2D eigenvalue weighted by atomic mass is 16.5. The van der Waals surface area contributed by atoms with Crippen molar-refractivity contribution < 1.29 is 19.1 Å². The van der Waals surface area contributed by atoms with Gasteiger partial charge in [-0.15, -0.1) is 5.10 Å². The van der Waals surface area contributed by atoms with E-state index in [9.17, 15) is 9.59 Å². The van der Waals surface area contributed by atoms with Crippen LogP contribution in [0.15, 0.2) is 24.4 Å². The summed E-state index contributed by atoms with van der Waals surface area (Å²) in [6.45, 7) is 1.27. The van der Waals surface area contributed by atoms with Crippen LogP contribution in [-0.2, 0) is 16.1 Å². The summed E-state index contributed by atoms with van der Waals surface area (Å²) >= 11 is 0. The first-order chi connectivity index (χ1) is 11.0. The van der Waals surface area contributed by atoms with Gasteiger partial charge in [0.25, 0.3) is 0 Å². The molecular formula is C14H17N5O4. The van der Waals surface area contributed by atoms with E-state index in [0.717, 1.165) is 0 Å². The number of amides is 2. The predicted octanol–water partition coefficient (Wildman–Crippen LogP) is 0.892. The van der Waals surface area contributed by atoms with E-state index < -0.39 is 0 Å². The molecule has 1 aromatic carbocycles. The van der Waals surface area contributed by atoms with Crippen molar-refractivity contribution in [3.63, 3.8) is 0 Å². The van der Waals surface area contributed by atoms with Gasteiger partial charge in [0.1, 0.15) is 6.54 Å². The number of carbonyl (C=O) groups excluding carboxylic acids is 2. The number of aromatic nitrogens is 3. The molecule has 0 saturated carbocycles. The molecule has 1 aromatic heterocycles. The van der Waals surface area contributed by atoms with Crippen molar-refractivity contribution in [1.82, 2.24) is 15.0 Å². The van der Waals surface area contributed by atoms with Gasteiger partial charge in [-0.25, -0.2) is 0 Å². The average Bonchev–Trinajstić information content (AvgIpc) is 2.93. The molecule has 122 valence electrons. The topological polar surface area (TPSA) is 107 Å². The van der Waals surface area contributed by atoms with Crippen molar-refractivity contribution in [2.24, 2.45) is 0 Å². The van der Waals surface area contributed by atoms with Crippen molar-refractivity contribution in [1.29, 1.82) is 0 Å². The number of hydrogen-bond donors (Lipinski definition) is 2. The first-order valence-electron chi connectivity index (χ1n) is 6.71. The summed E-state index contributed by atoms with van der Waals surface area (Å²) in [6.07, 6.45) is 1.37. The molecular weight excluding hydrogens is 302 g/mol. The predicted molar refractivity (Wildman–Crippen MR) is 82.5 cm³/mol. The number of nitrogens with one attached hydrogen (secondary N) is 2. The van der Waals surface area contributed by atoms with E-state index in [1.807, 2.05) is 0 Å². The summed E-state index contributed by atoms with van der Waals surface area (Å²) in [7, 11) is 3.05. The number of rotatable bonds is 6. The average molecular weight is 319 g/mol. The van der Waals surface area contributed by atoms with Gasteiger partial charge in [0.2, 0.25) is 11.8 Å². The highest BCUT2D eigenvalue weighted by Gasteiger charge is 2.10. The molecule has 0 fully saturated rings. The fraction of sp³-hybridized carbons (Fsp3) is 0.286. The Labute approximate surface area is 132 Å². The maximum Gasteiger partial charge on any atom is 0.247 e. The largest absolute Gasteiger partial charge is 0.493 e. The van der Waals surface area contributed by atoms with Crippen LogP contribution in [0.5, 0.6) is 11.5 Å². The number of methoxy groups -OCH3 is 2. The van der Waals surface area contributed by atoms with E-state index in [1.54, 1.807) is 18.2 Å². The maximum absolute atomic E-state index is 12.0. The summed E-state index contributed by atoms with van der Waals surface area (Å²) in [5, 5.41) is 13.0. The van der Waals surface area contributed by atoms with Crippen molar-refractivity contribution >= 4 is 23.3 Å². The fourth-order valence-electron chi connectivity index (χ4n) is 1.85. The van der Waals surface area contributed by atoms with E-state index in [1.165, 1.54) is 32.1 Å². The molecule has 2 aromatic rings. The molecule has 0 unspecified atom stereocenters. The number of benzene rings is 1. The van der Waals surface area contributed by atoms with Gasteiger partial charge in [-0.3, -0.25) is 9.59 Å². The second kappa shape index (κ2) is 7.25. The van der Waals surface area contributed by atoms with Gasteiger partial charge in [-0.1, -0.05) is 0 Å². The van der Waals surface area contributed by atoms with E-state index in [0.29, 0.717) is 17.2 Å². The van der Waals surface area contributed by atoms with Gasteiger partial charge in [0, 0.05) is 18.7 Å². The Balaban J connectivity index is 1.99. The molecule has 0 atom stereocenters. The Morgan fingerprint density at radius 2 is 1.91 bits per heavy atom. The molecule has 0 aliphatic carbocycles. The lowest BCUT2D eigenvalue weighted by molar-refractivity contribution is -0.117. The Morgan fingerprint density at radius 1 is 1.17 bits per heavy atom. The van der Waals surface area contributed by atoms with Crippen LogP contribution in [0.3, 0.4) is 0 Å². The molecule has 0 bridgehead atoms. The van der Waals surface area contributed by atoms with Gasteiger partial charge >= 0.3 is 0 Å². The van der Waals surface area contributed by atoms with Crippen molar-refractivity contribution in [2.75, 3.05) is 24.9 Å². The summed E-state index contributed by atoms with van der Waals surface area (Å²) in [5.41, 5.74) is 0.557. The van der Waals surface area contributed by atoms with E-state index >= 15 is 0 Å². The van der Waals surface area contributed by atoms with Crippen LogP contribution in [0, 0.1) is 0 Å². The normalized spacial score (nSPS) is 10.0. The molecule has 0 aliphatic heterocycles. The van der Waals surface area contributed by atoms with Crippen LogP contribution in [0.2, 0.25) is 0 Å². The Kier molecular flexibility index (Phi) is 5.13. The highest BCUT2D eigenvalue weighted by Crippen LogP contribution is 2.29. The van der Waals surface area contributed by atoms with Crippen LogP contribution >= 0.6 is 0 Å². The van der Waals surface area contributed by atoms with Crippen molar-refractivity contribution in [3.05, 3.63) is 24.4 Å². The SMILES string of the molecule is COc1ccc(NC(=O)Cn2ncc(NC(C)=O)n2)cc1OC. The number of carbonyl (C=O) groups is 2. The zero-order valence-corrected chi connectivity index (χ0v) is 13.0. The molecule has 0 aliphatic rings. The Hall–Kier alpha value is -3.10.